The maximum absolute atomic E-state index is 3.69. The van der Waals surface area contributed by atoms with Gasteiger partial charge in [0.15, 0.2) is 0 Å². The van der Waals surface area contributed by atoms with Gasteiger partial charge in [-0.3, -0.25) is 0 Å². The normalized spacial score (nSPS) is 33.1. The summed E-state index contributed by atoms with van der Waals surface area (Å²) in [6.07, 6.45) is 12.8. The van der Waals surface area contributed by atoms with Gasteiger partial charge in [0, 0.05) is 18.6 Å². The monoisotopic (exact) mass is 208 g/mol. The van der Waals surface area contributed by atoms with Crippen LogP contribution in [0.4, 0.5) is 0 Å². The maximum atomic E-state index is 3.69. The van der Waals surface area contributed by atoms with Gasteiger partial charge < -0.3 is 10.2 Å². The molecule has 0 aromatic carbocycles. The molecule has 0 bridgehead atoms. The van der Waals surface area contributed by atoms with E-state index in [0.29, 0.717) is 6.04 Å². The highest BCUT2D eigenvalue weighted by Crippen LogP contribution is 2.15. The van der Waals surface area contributed by atoms with Crippen molar-refractivity contribution in [1.29, 1.82) is 0 Å². The average molecular weight is 208 g/mol. The number of piperidine rings is 1. The summed E-state index contributed by atoms with van der Waals surface area (Å²) in [6.45, 7) is 2.46. The first-order valence-electron chi connectivity index (χ1n) is 6.46. The number of allylic oxidation sites excluding steroid dienone is 1. The lowest BCUT2D eigenvalue weighted by molar-refractivity contribution is 0.179. The molecular weight excluding hydrogens is 184 g/mol. The van der Waals surface area contributed by atoms with Gasteiger partial charge in [0.05, 0.1) is 0 Å². The highest BCUT2D eigenvalue weighted by atomic mass is 15.2. The molecule has 1 aliphatic carbocycles. The lowest BCUT2D eigenvalue weighted by atomic mass is 10.0. The van der Waals surface area contributed by atoms with E-state index in [0.717, 1.165) is 6.04 Å². The molecule has 86 valence electrons. The topological polar surface area (TPSA) is 15.3 Å². The van der Waals surface area contributed by atoms with Crippen LogP contribution in [0.15, 0.2) is 12.2 Å². The van der Waals surface area contributed by atoms with Crippen molar-refractivity contribution in [3.05, 3.63) is 12.2 Å². The second-order valence-corrected chi connectivity index (χ2v) is 5.00. The van der Waals surface area contributed by atoms with Crippen molar-refractivity contribution in [3.63, 3.8) is 0 Å². The Morgan fingerprint density at radius 1 is 1.27 bits per heavy atom. The maximum Gasteiger partial charge on any atom is 0.0250 e. The molecule has 2 heteroatoms. The Labute approximate surface area is 93.7 Å². The molecule has 1 saturated heterocycles. The van der Waals surface area contributed by atoms with Gasteiger partial charge in [0.1, 0.15) is 0 Å². The van der Waals surface area contributed by atoms with E-state index < -0.39 is 0 Å². The van der Waals surface area contributed by atoms with Gasteiger partial charge in [0.2, 0.25) is 0 Å². The highest BCUT2D eigenvalue weighted by Gasteiger charge is 2.19. The van der Waals surface area contributed by atoms with Gasteiger partial charge in [-0.05, 0) is 45.7 Å². The lowest BCUT2D eigenvalue weighted by Crippen LogP contribution is -2.45. The van der Waals surface area contributed by atoms with E-state index in [1.807, 2.05) is 0 Å². The Bertz CT molecular complexity index is 213. The molecule has 2 aliphatic rings. The van der Waals surface area contributed by atoms with Gasteiger partial charge in [-0.25, -0.2) is 0 Å². The molecular formula is C13H24N2. The number of hydrogen-bond acceptors (Lipinski definition) is 2. The molecule has 0 spiro atoms. The van der Waals surface area contributed by atoms with E-state index in [9.17, 15) is 0 Å². The van der Waals surface area contributed by atoms with Crippen LogP contribution in [0.2, 0.25) is 0 Å². The largest absolute Gasteiger partial charge is 0.309 e. The van der Waals surface area contributed by atoms with Crippen LogP contribution in [0.1, 0.15) is 38.5 Å². The van der Waals surface area contributed by atoms with Gasteiger partial charge in [-0.15, -0.1) is 0 Å². The molecule has 0 radical (unpaired) electrons. The first kappa shape index (κ1) is 11.2. The molecule has 0 aromatic heterocycles. The van der Waals surface area contributed by atoms with Gasteiger partial charge >= 0.3 is 0 Å². The fourth-order valence-electron chi connectivity index (χ4n) is 2.67. The molecule has 15 heavy (non-hydrogen) atoms. The van der Waals surface area contributed by atoms with Crippen molar-refractivity contribution >= 4 is 0 Å². The summed E-state index contributed by atoms with van der Waals surface area (Å²) in [6, 6.07) is 1.42. The Morgan fingerprint density at radius 2 is 2.20 bits per heavy atom. The van der Waals surface area contributed by atoms with Crippen LogP contribution >= 0.6 is 0 Å². The second kappa shape index (κ2) is 5.66. The summed E-state index contributed by atoms with van der Waals surface area (Å²) in [7, 11) is 2.27. The molecule has 2 atom stereocenters. The standard InChI is InChI=1S/C13H24N2/c1-15-10-6-5-9-13(15)11-14-12-7-3-2-4-8-12/h3,7,12-14H,2,4-6,8-11H2,1H3. The van der Waals surface area contributed by atoms with Crippen LogP contribution in [0.3, 0.4) is 0 Å². The molecule has 1 N–H and O–H groups in total. The van der Waals surface area contributed by atoms with Crippen molar-refractivity contribution in [2.75, 3.05) is 20.1 Å². The number of nitrogens with one attached hydrogen (secondary N) is 1. The first-order valence-corrected chi connectivity index (χ1v) is 6.46. The Hall–Kier alpha value is -0.340. The third kappa shape index (κ3) is 3.32. The first-order chi connectivity index (χ1) is 7.36. The van der Waals surface area contributed by atoms with Crippen molar-refractivity contribution in [1.82, 2.24) is 10.2 Å². The molecule has 1 aliphatic heterocycles. The van der Waals surface area contributed by atoms with E-state index in [1.165, 1.54) is 51.6 Å². The summed E-state index contributed by atoms with van der Waals surface area (Å²) < 4.78 is 0. The minimum atomic E-state index is 0.647. The van der Waals surface area contributed by atoms with E-state index in [2.05, 4.69) is 29.4 Å². The molecule has 1 fully saturated rings. The van der Waals surface area contributed by atoms with Gasteiger partial charge in [-0.1, -0.05) is 18.6 Å². The van der Waals surface area contributed by atoms with Crippen molar-refractivity contribution in [2.24, 2.45) is 0 Å². The summed E-state index contributed by atoms with van der Waals surface area (Å²) in [4.78, 5) is 2.52. The van der Waals surface area contributed by atoms with E-state index in [-0.39, 0.29) is 0 Å². The number of likely N-dealkylation sites (tertiary alicyclic amines) is 1. The molecule has 2 unspecified atom stereocenters. The minimum absolute atomic E-state index is 0.647. The highest BCUT2D eigenvalue weighted by molar-refractivity contribution is 4.98. The Kier molecular flexibility index (Phi) is 4.21. The van der Waals surface area contributed by atoms with Crippen LogP contribution in [0, 0.1) is 0 Å². The molecule has 0 saturated carbocycles. The van der Waals surface area contributed by atoms with Crippen LogP contribution in [0.5, 0.6) is 0 Å². The number of hydrogen-bond donors (Lipinski definition) is 1. The Morgan fingerprint density at radius 3 is 2.93 bits per heavy atom. The molecule has 0 amide bonds. The molecule has 0 aromatic rings. The van der Waals surface area contributed by atoms with Crippen molar-refractivity contribution < 1.29 is 0 Å². The number of likely N-dealkylation sites (N-methyl/N-ethyl adjacent to an activating group) is 1. The number of rotatable bonds is 3. The molecule has 2 nitrogen and oxygen atoms in total. The quantitative estimate of drug-likeness (QED) is 0.715. The fraction of sp³-hybridized carbons (Fsp3) is 0.846. The lowest BCUT2D eigenvalue weighted by Gasteiger charge is -2.33. The Balaban J connectivity index is 1.71. The summed E-state index contributed by atoms with van der Waals surface area (Å²) >= 11 is 0. The second-order valence-electron chi connectivity index (χ2n) is 5.00. The zero-order chi connectivity index (χ0) is 10.5. The predicted molar refractivity (Wildman–Crippen MR) is 65.1 cm³/mol. The zero-order valence-electron chi connectivity index (χ0n) is 9.91. The SMILES string of the molecule is CN1CCCCC1CNC1C=CCCC1. The van der Waals surface area contributed by atoms with Crippen LogP contribution in [0.25, 0.3) is 0 Å². The van der Waals surface area contributed by atoms with Crippen molar-refractivity contribution in [2.45, 2.75) is 50.6 Å². The third-order valence-electron chi connectivity index (χ3n) is 3.79. The van der Waals surface area contributed by atoms with E-state index in [4.69, 9.17) is 0 Å². The fourth-order valence-corrected chi connectivity index (χ4v) is 2.67. The van der Waals surface area contributed by atoms with Gasteiger partial charge in [0.25, 0.3) is 0 Å². The molecule has 1 heterocycles. The average Bonchev–Trinajstić information content (AvgIpc) is 2.29. The smallest absolute Gasteiger partial charge is 0.0250 e. The van der Waals surface area contributed by atoms with E-state index in [1.54, 1.807) is 0 Å². The zero-order valence-corrected chi connectivity index (χ0v) is 9.91. The predicted octanol–water partition coefficient (Wildman–Crippen LogP) is 2.17. The minimum Gasteiger partial charge on any atom is -0.309 e. The van der Waals surface area contributed by atoms with Crippen LogP contribution in [-0.4, -0.2) is 37.1 Å². The molecule has 2 rings (SSSR count). The third-order valence-corrected chi connectivity index (χ3v) is 3.79. The van der Waals surface area contributed by atoms with E-state index >= 15 is 0 Å². The summed E-state index contributed by atoms with van der Waals surface area (Å²) in [5.41, 5.74) is 0. The van der Waals surface area contributed by atoms with Crippen LogP contribution < -0.4 is 5.32 Å². The summed E-state index contributed by atoms with van der Waals surface area (Å²) in [5, 5.41) is 3.69. The van der Waals surface area contributed by atoms with Crippen LogP contribution in [-0.2, 0) is 0 Å². The van der Waals surface area contributed by atoms with Gasteiger partial charge in [-0.2, -0.15) is 0 Å². The number of nitrogens with zero attached hydrogens (tertiary/aromatic N) is 1. The van der Waals surface area contributed by atoms with Crippen molar-refractivity contribution in [3.8, 4) is 0 Å². The summed E-state index contributed by atoms with van der Waals surface area (Å²) in [5.74, 6) is 0.